The largest absolute Gasteiger partial charge is 0.317 e. The van der Waals surface area contributed by atoms with Crippen LogP contribution in [0.25, 0.3) is 0 Å². The van der Waals surface area contributed by atoms with E-state index in [1.165, 1.54) is 0 Å². The molecule has 2 aromatic heterocycles. The number of aryl methyl sites for hydroxylation is 1. The zero-order valence-corrected chi connectivity index (χ0v) is 11.8. The fraction of sp³-hybridized carbons (Fsp3) is 0.500. The summed E-state index contributed by atoms with van der Waals surface area (Å²) in [5, 5.41) is 7.90. The summed E-state index contributed by atoms with van der Waals surface area (Å²) >= 11 is 0. The minimum atomic E-state index is 0.359. The maximum absolute atomic E-state index is 4.46. The first-order valence-electron chi connectivity index (χ1n) is 6.68. The number of pyridine rings is 1. The minimum Gasteiger partial charge on any atom is -0.317 e. The highest BCUT2D eigenvalue weighted by molar-refractivity contribution is 5.08. The van der Waals surface area contributed by atoms with Crippen molar-refractivity contribution < 1.29 is 0 Å². The molecule has 0 saturated heterocycles. The lowest BCUT2D eigenvalue weighted by atomic mass is 10.1. The van der Waals surface area contributed by atoms with E-state index >= 15 is 0 Å². The number of aromatic nitrogens is 4. The van der Waals surface area contributed by atoms with Crippen LogP contribution in [0.15, 0.2) is 30.7 Å². The Morgan fingerprint density at radius 2 is 2.21 bits per heavy atom. The summed E-state index contributed by atoms with van der Waals surface area (Å²) in [4.78, 5) is 6.80. The van der Waals surface area contributed by atoms with Crippen LogP contribution in [0.5, 0.6) is 0 Å². The topological polar surface area (TPSA) is 46.8 Å². The molecule has 2 aromatic rings. The van der Waals surface area contributed by atoms with E-state index in [9.17, 15) is 0 Å². The smallest absolute Gasteiger partial charge is 0.129 e. The molecule has 0 radical (unpaired) electrons. The molecule has 0 N–H and O–H groups in total. The van der Waals surface area contributed by atoms with Crippen LogP contribution in [0, 0.1) is 6.92 Å². The van der Waals surface area contributed by atoms with Crippen molar-refractivity contribution in [3.8, 4) is 0 Å². The van der Waals surface area contributed by atoms with Crippen LogP contribution < -0.4 is 0 Å². The van der Waals surface area contributed by atoms with Crippen molar-refractivity contribution in [2.45, 2.75) is 32.9 Å². The molecule has 19 heavy (non-hydrogen) atoms. The summed E-state index contributed by atoms with van der Waals surface area (Å²) in [5.41, 5.74) is 1.13. The fourth-order valence-corrected chi connectivity index (χ4v) is 2.27. The van der Waals surface area contributed by atoms with Crippen molar-refractivity contribution in [3.05, 3.63) is 42.2 Å². The van der Waals surface area contributed by atoms with Crippen molar-refractivity contribution in [1.29, 1.82) is 0 Å². The van der Waals surface area contributed by atoms with E-state index in [2.05, 4.69) is 44.7 Å². The van der Waals surface area contributed by atoms with Gasteiger partial charge in [0.1, 0.15) is 12.2 Å². The second-order valence-corrected chi connectivity index (χ2v) is 4.73. The Labute approximate surface area is 114 Å². The lowest BCUT2D eigenvalue weighted by Crippen LogP contribution is -2.28. The molecule has 1 unspecified atom stereocenters. The van der Waals surface area contributed by atoms with Gasteiger partial charge in [0.05, 0.1) is 11.7 Å². The van der Waals surface area contributed by atoms with E-state index in [1.807, 2.05) is 25.3 Å². The molecule has 0 aromatic carbocycles. The van der Waals surface area contributed by atoms with Crippen molar-refractivity contribution in [3.63, 3.8) is 0 Å². The van der Waals surface area contributed by atoms with E-state index < -0.39 is 0 Å². The Bertz CT molecular complexity index is 494. The molecule has 2 heterocycles. The van der Waals surface area contributed by atoms with Gasteiger partial charge in [-0.1, -0.05) is 13.0 Å². The monoisotopic (exact) mass is 259 g/mol. The molecule has 0 bridgehead atoms. The first kappa shape index (κ1) is 13.7. The number of nitrogens with zero attached hydrogens (tertiary/aromatic N) is 5. The Balaban J connectivity index is 1.98. The standard InChI is InChI=1S/C14H21N5/c1-4-14(13-7-5-6-8-15-13)18(3)9-10-19-11-16-17-12(19)2/h5-8,11,14H,4,9-10H2,1-3H3. The van der Waals surface area contributed by atoms with E-state index in [-0.39, 0.29) is 0 Å². The molecule has 102 valence electrons. The normalized spacial score (nSPS) is 12.8. The summed E-state index contributed by atoms with van der Waals surface area (Å²) in [7, 11) is 2.14. The van der Waals surface area contributed by atoms with Crippen LogP contribution in [0.2, 0.25) is 0 Å². The number of likely N-dealkylation sites (N-methyl/N-ethyl adjacent to an activating group) is 1. The third-order valence-electron chi connectivity index (χ3n) is 3.45. The highest BCUT2D eigenvalue weighted by Crippen LogP contribution is 2.20. The van der Waals surface area contributed by atoms with Gasteiger partial charge in [-0.05, 0) is 32.5 Å². The summed E-state index contributed by atoms with van der Waals surface area (Å²) in [6, 6.07) is 6.45. The van der Waals surface area contributed by atoms with Gasteiger partial charge in [0.25, 0.3) is 0 Å². The van der Waals surface area contributed by atoms with Gasteiger partial charge < -0.3 is 4.57 Å². The quantitative estimate of drug-likeness (QED) is 0.796. The van der Waals surface area contributed by atoms with Crippen LogP contribution in [0.4, 0.5) is 0 Å². The maximum Gasteiger partial charge on any atom is 0.129 e. The first-order chi connectivity index (χ1) is 9.22. The predicted octanol–water partition coefficient (Wildman–Crippen LogP) is 2.06. The zero-order chi connectivity index (χ0) is 13.7. The second-order valence-electron chi connectivity index (χ2n) is 4.73. The second kappa shape index (κ2) is 6.43. The highest BCUT2D eigenvalue weighted by Gasteiger charge is 2.15. The van der Waals surface area contributed by atoms with Gasteiger partial charge in [-0.2, -0.15) is 0 Å². The van der Waals surface area contributed by atoms with Gasteiger partial charge in [-0.3, -0.25) is 9.88 Å². The Hall–Kier alpha value is -1.75. The molecule has 0 fully saturated rings. The average molecular weight is 259 g/mol. The van der Waals surface area contributed by atoms with Crippen LogP contribution in [0.3, 0.4) is 0 Å². The number of hydrogen-bond acceptors (Lipinski definition) is 4. The predicted molar refractivity (Wildman–Crippen MR) is 74.7 cm³/mol. The van der Waals surface area contributed by atoms with Crippen LogP contribution in [-0.2, 0) is 6.54 Å². The van der Waals surface area contributed by atoms with Crippen molar-refractivity contribution >= 4 is 0 Å². The van der Waals surface area contributed by atoms with E-state index in [0.717, 1.165) is 31.0 Å². The lowest BCUT2D eigenvalue weighted by molar-refractivity contribution is 0.225. The third kappa shape index (κ3) is 3.38. The van der Waals surface area contributed by atoms with Gasteiger partial charge >= 0.3 is 0 Å². The Kier molecular flexibility index (Phi) is 4.63. The van der Waals surface area contributed by atoms with E-state index in [4.69, 9.17) is 0 Å². The fourth-order valence-electron chi connectivity index (χ4n) is 2.27. The molecule has 5 heteroatoms. The Morgan fingerprint density at radius 3 is 2.79 bits per heavy atom. The highest BCUT2D eigenvalue weighted by atomic mass is 15.3. The van der Waals surface area contributed by atoms with E-state index in [1.54, 1.807) is 6.33 Å². The molecule has 2 rings (SSSR count). The molecular formula is C14H21N5. The van der Waals surface area contributed by atoms with Crippen LogP contribution in [0.1, 0.15) is 30.9 Å². The molecular weight excluding hydrogens is 238 g/mol. The number of hydrogen-bond donors (Lipinski definition) is 0. The SMILES string of the molecule is CCC(c1ccccn1)N(C)CCn1cnnc1C. The molecule has 5 nitrogen and oxygen atoms in total. The third-order valence-corrected chi connectivity index (χ3v) is 3.45. The van der Waals surface area contributed by atoms with E-state index in [0.29, 0.717) is 6.04 Å². The molecule has 0 aliphatic heterocycles. The molecule has 0 aliphatic carbocycles. The summed E-state index contributed by atoms with van der Waals surface area (Å²) < 4.78 is 2.07. The van der Waals surface area contributed by atoms with Crippen LogP contribution in [-0.4, -0.2) is 38.2 Å². The number of rotatable bonds is 6. The molecule has 0 aliphatic rings. The van der Waals surface area contributed by atoms with Gasteiger partial charge in [-0.25, -0.2) is 0 Å². The van der Waals surface area contributed by atoms with Crippen molar-refractivity contribution in [2.75, 3.05) is 13.6 Å². The van der Waals surface area contributed by atoms with Crippen molar-refractivity contribution in [1.82, 2.24) is 24.6 Å². The minimum absolute atomic E-state index is 0.359. The lowest BCUT2D eigenvalue weighted by Gasteiger charge is -2.26. The molecule has 0 saturated carbocycles. The molecule has 1 atom stereocenters. The molecule has 0 amide bonds. The van der Waals surface area contributed by atoms with Gasteiger partial charge in [0, 0.05) is 19.3 Å². The van der Waals surface area contributed by atoms with Crippen LogP contribution >= 0.6 is 0 Å². The maximum atomic E-state index is 4.46. The summed E-state index contributed by atoms with van der Waals surface area (Å²) in [5.74, 6) is 0.958. The van der Waals surface area contributed by atoms with Gasteiger partial charge in [-0.15, -0.1) is 10.2 Å². The molecule has 0 spiro atoms. The Morgan fingerprint density at radius 1 is 1.37 bits per heavy atom. The first-order valence-corrected chi connectivity index (χ1v) is 6.68. The summed E-state index contributed by atoms with van der Waals surface area (Å²) in [6.45, 7) is 6.02. The van der Waals surface area contributed by atoms with Crippen molar-refractivity contribution in [2.24, 2.45) is 0 Å². The van der Waals surface area contributed by atoms with Gasteiger partial charge in [0.15, 0.2) is 0 Å². The van der Waals surface area contributed by atoms with Gasteiger partial charge in [0.2, 0.25) is 0 Å². The summed E-state index contributed by atoms with van der Waals surface area (Å²) in [6.07, 6.45) is 4.69. The average Bonchev–Trinajstić information content (AvgIpc) is 2.84. The zero-order valence-electron chi connectivity index (χ0n) is 11.8.